The van der Waals surface area contributed by atoms with Gasteiger partial charge in [0.15, 0.2) is 0 Å². The second-order valence-corrected chi connectivity index (χ2v) is 7.24. The minimum atomic E-state index is -0.0845. The molecule has 6 nitrogen and oxygen atoms in total. The standard InChI is InChI=1S/C22H28N2O4/c1-16-12-17(6-7-21(16)28-2)14-23-9-10-24(15-19(23)8-11-25)22(27)18-4-3-5-20(26)13-18/h3-7,12-13,19,25-26H,8-11,14-15H2,1-2H3. The van der Waals surface area contributed by atoms with Crippen LogP contribution < -0.4 is 4.74 Å². The zero-order valence-electron chi connectivity index (χ0n) is 16.5. The number of carbonyl (C=O) groups is 1. The maximum absolute atomic E-state index is 12.8. The lowest BCUT2D eigenvalue weighted by molar-refractivity contribution is 0.0395. The van der Waals surface area contributed by atoms with Gasteiger partial charge in [0.25, 0.3) is 5.91 Å². The summed E-state index contributed by atoms with van der Waals surface area (Å²) in [6, 6.07) is 12.7. The van der Waals surface area contributed by atoms with Crippen LogP contribution in [0.3, 0.4) is 0 Å². The fourth-order valence-corrected chi connectivity index (χ4v) is 3.80. The monoisotopic (exact) mass is 384 g/mol. The Morgan fingerprint density at radius 1 is 1.21 bits per heavy atom. The number of piperazine rings is 1. The van der Waals surface area contributed by atoms with Crippen LogP contribution in [0.25, 0.3) is 0 Å². The lowest BCUT2D eigenvalue weighted by Crippen LogP contribution is -2.54. The molecule has 1 saturated heterocycles. The maximum Gasteiger partial charge on any atom is 0.254 e. The molecule has 0 aromatic heterocycles. The average Bonchev–Trinajstić information content (AvgIpc) is 2.69. The molecule has 1 heterocycles. The molecule has 2 aromatic carbocycles. The molecule has 1 unspecified atom stereocenters. The number of hydrogen-bond acceptors (Lipinski definition) is 5. The Bertz CT molecular complexity index is 824. The van der Waals surface area contributed by atoms with Crippen molar-refractivity contribution >= 4 is 5.91 Å². The molecular weight excluding hydrogens is 356 g/mol. The highest BCUT2D eigenvalue weighted by Gasteiger charge is 2.29. The quantitative estimate of drug-likeness (QED) is 0.800. The number of methoxy groups -OCH3 is 1. The number of hydrogen-bond donors (Lipinski definition) is 2. The molecule has 1 aliphatic rings. The molecule has 1 aliphatic heterocycles. The van der Waals surface area contributed by atoms with Crippen LogP contribution in [0.5, 0.6) is 11.5 Å². The molecule has 6 heteroatoms. The van der Waals surface area contributed by atoms with Gasteiger partial charge in [0.05, 0.1) is 7.11 Å². The molecule has 0 bridgehead atoms. The van der Waals surface area contributed by atoms with E-state index in [-0.39, 0.29) is 24.3 Å². The van der Waals surface area contributed by atoms with Crippen molar-refractivity contribution in [2.75, 3.05) is 33.4 Å². The number of aryl methyl sites for hydroxylation is 1. The number of phenols is 1. The smallest absolute Gasteiger partial charge is 0.254 e. The number of aromatic hydroxyl groups is 1. The third-order valence-corrected chi connectivity index (χ3v) is 5.29. The summed E-state index contributed by atoms with van der Waals surface area (Å²) in [5.41, 5.74) is 2.77. The van der Waals surface area contributed by atoms with Crippen molar-refractivity contribution in [2.24, 2.45) is 0 Å². The van der Waals surface area contributed by atoms with E-state index in [2.05, 4.69) is 17.0 Å². The zero-order valence-corrected chi connectivity index (χ0v) is 16.5. The Labute approximate surface area is 166 Å². The molecule has 1 amide bonds. The maximum atomic E-state index is 12.8. The van der Waals surface area contributed by atoms with Gasteiger partial charge in [0.1, 0.15) is 11.5 Å². The molecular formula is C22H28N2O4. The minimum absolute atomic E-state index is 0.0803. The molecule has 0 spiro atoms. The van der Waals surface area contributed by atoms with Gasteiger partial charge in [-0.05, 0) is 48.7 Å². The Hall–Kier alpha value is -2.57. The van der Waals surface area contributed by atoms with Crippen LogP contribution in [0.2, 0.25) is 0 Å². The van der Waals surface area contributed by atoms with Crippen LogP contribution in [0.15, 0.2) is 42.5 Å². The van der Waals surface area contributed by atoms with Gasteiger partial charge in [-0.3, -0.25) is 9.69 Å². The van der Waals surface area contributed by atoms with Gasteiger partial charge in [-0.25, -0.2) is 0 Å². The number of benzene rings is 2. The van der Waals surface area contributed by atoms with Crippen LogP contribution in [0, 0.1) is 6.92 Å². The SMILES string of the molecule is COc1ccc(CN2CCN(C(=O)c3cccc(O)c3)CC2CCO)cc1C. The zero-order chi connectivity index (χ0) is 20.1. The van der Waals surface area contributed by atoms with Gasteiger partial charge in [-0.2, -0.15) is 0 Å². The van der Waals surface area contributed by atoms with Crippen molar-refractivity contribution in [3.05, 3.63) is 59.2 Å². The molecule has 2 N–H and O–H groups in total. The number of carbonyl (C=O) groups excluding carboxylic acids is 1. The molecule has 3 rings (SSSR count). The topological polar surface area (TPSA) is 73.2 Å². The molecule has 0 aliphatic carbocycles. The second-order valence-electron chi connectivity index (χ2n) is 7.24. The van der Waals surface area contributed by atoms with Crippen LogP contribution in [-0.2, 0) is 6.54 Å². The van der Waals surface area contributed by atoms with Crippen molar-refractivity contribution in [1.29, 1.82) is 0 Å². The Kier molecular flexibility index (Phi) is 6.54. The van der Waals surface area contributed by atoms with E-state index >= 15 is 0 Å². The summed E-state index contributed by atoms with van der Waals surface area (Å²) in [5, 5.41) is 19.2. The highest BCUT2D eigenvalue weighted by atomic mass is 16.5. The highest BCUT2D eigenvalue weighted by Crippen LogP contribution is 2.23. The third-order valence-electron chi connectivity index (χ3n) is 5.29. The summed E-state index contributed by atoms with van der Waals surface area (Å²) in [6.45, 7) is 4.79. The van der Waals surface area contributed by atoms with Gasteiger partial charge in [-0.15, -0.1) is 0 Å². The minimum Gasteiger partial charge on any atom is -0.508 e. The Balaban J connectivity index is 1.70. The van der Waals surface area contributed by atoms with E-state index in [0.717, 1.165) is 24.4 Å². The predicted octanol–water partition coefficient (Wildman–Crippen LogP) is 2.42. The van der Waals surface area contributed by atoms with Crippen molar-refractivity contribution in [2.45, 2.75) is 25.9 Å². The van der Waals surface area contributed by atoms with Crippen LogP contribution in [0.4, 0.5) is 0 Å². The molecule has 0 radical (unpaired) electrons. The first-order valence-electron chi connectivity index (χ1n) is 9.58. The van der Waals surface area contributed by atoms with Crippen molar-refractivity contribution < 1.29 is 19.7 Å². The number of aliphatic hydroxyl groups excluding tert-OH is 1. The fourth-order valence-electron chi connectivity index (χ4n) is 3.80. The predicted molar refractivity (Wildman–Crippen MR) is 108 cm³/mol. The van der Waals surface area contributed by atoms with E-state index < -0.39 is 0 Å². The Morgan fingerprint density at radius 3 is 2.71 bits per heavy atom. The Morgan fingerprint density at radius 2 is 2.04 bits per heavy atom. The summed E-state index contributed by atoms with van der Waals surface area (Å²) >= 11 is 0. The van der Waals surface area contributed by atoms with E-state index in [4.69, 9.17) is 4.74 Å². The van der Waals surface area contributed by atoms with Gasteiger partial charge < -0.3 is 19.8 Å². The summed E-state index contributed by atoms with van der Waals surface area (Å²) in [7, 11) is 1.67. The largest absolute Gasteiger partial charge is 0.508 e. The second kappa shape index (κ2) is 9.08. The lowest BCUT2D eigenvalue weighted by atomic mass is 10.0. The molecule has 1 atom stereocenters. The van der Waals surface area contributed by atoms with E-state index in [1.807, 2.05) is 17.9 Å². The van der Waals surface area contributed by atoms with Gasteiger partial charge in [0.2, 0.25) is 0 Å². The fraction of sp³-hybridized carbons (Fsp3) is 0.409. The number of amides is 1. The number of aliphatic hydroxyl groups is 1. The van der Waals surface area contributed by atoms with Crippen LogP contribution >= 0.6 is 0 Å². The first kappa shape index (κ1) is 20.2. The molecule has 150 valence electrons. The van der Waals surface area contributed by atoms with Crippen LogP contribution in [0.1, 0.15) is 27.9 Å². The highest BCUT2D eigenvalue weighted by molar-refractivity contribution is 5.94. The number of ether oxygens (including phenoxy) is 1. The number of rotatable bonds is 6. The molecule has 2 aromatic rings. The first-order chi connectivity index (χ1) is 13.5. The van der Waals surface area contributed by atoms with E-state index in [0.29, 0.717) is 25.1 Å². The van der Waals surface area contributed by atoms with Gasteiger partial charge >= 0.3 is 0 Å². The van der Waals surface area contributed by atoms with Crippen molar-refractivity contribution in [3.8, 4) is 11.5 Å². The lowest BCUT2D eigenvalue weighted by Gasteiger charge is -2.41. The molecule has 1 fully saturated rings. The molecule has 0 saturated carbocycles. The van der Waals surface area contributed by atoms with Crippen molar-refractivity contribution in [1.82, 2.24) is 9.80 Å². The number of nitrogens with zero attached hydrogens (tertiary/aromatic N) is 2. The summed E-state index contributed by atoms with van der Waals surface area (Å²) < 4.78 is 5.33. The van der Waals surface area contributed by atoms with E-state index in [1.54, 1.807) is 25.3 Å². The third kappa shape index (κ3) is 4.64. The van der Waals surface area contributed by atoms with Gasteiger partial charge in [-0.1, -0.05) is 18.2 Å². The summed E-state index contributed by atoms with van der Waals surface area (Å²) in [5.74, 6) is 0.877. The summed E-state index contributed by atoms with van der Waals surface area (Å²) in [4.78, 5) is 16.9. The molecule has 28 heavy (non-hydrogen) atoms. The van der Waals surface area contributed by atoms with E-state index in [9.17, 15) is 15.0 Å². The van der Waals surface area contributed by atoms with Crippen LogP contribution in [-0.4, -0.2) is 65.3 Å². The first-order valence-corrected chi connectivity index (χ1v) is 9.58. The van der Waals surface area contributed by atoms with E-state index in [1.165, 1.54) is 11.6 Å². The van der Waals surface area contributed by atoms with Crippen molar-refractivity contribution in [3.63, 3.8) is 0 Å². The summed E-state index contributed by atoms with van der Waals surface area (Å²) in [6.07, 6.45) is 0.610. The normalized spacial score (nSPS) is 17.5. The number of phenolic OH excluding ortho intramolecular Hbond substituents is 1. The van der Waals surface area contributed by atoms with Gasteiger partial charge in [0, 0.05) is 44.4 Å². The average molecular weight is 384 g/mol.